The molecular weight excluding hydrogens is 280 g/mol. The van der Waals surface area contributed by atoms with Gasteiger partial charge in [0.05, 0.1) is 0 Å². The van der Waals surface area contributed by atoms with E-state index in [2.05, 4.69) is 36.4 Å². The molecule has 0 unspecified atom stereocenters. The zero-order chi connectivity index (χ0) is 14.9. The summed E-state index contributed by atoms with van der Waals surface area (Å²) in [6.45, 7) is 0. The third-order valence-corrected chi connectivity index (χ3v) is 6.21. The Morgan fingerprint density at radius 1 is 0.478 bits per heavy atom. The lowest BCUT2D eigenvalue weighted by Gasteiger charge is -2.19. The van der Waals surface area contributed by atoms with Crippen molar-refractivity contribution in [3.63, 3.8) is 0 Å². The fourth-order valence-corrected chi connectivity index (χ4v) is 5.36. The highest BCUT2D eigenvalue weighted by Crippen LogP contribution is 2.51. The minimum absolute atomic E-state index is 0.279. The number of hydrogen-bond donors (Lipinski definition) is 0. The van der Waals surface area contributed by atoms with E-state index in [1.54, 1.807) is 0 Å². The molecule has 4 aromatic rings. The molecular formula is C22H12O. The van der Waals surface area contributed by atoms with Gasteiger partial charge in [0, 0.05) is 17.4 Å². The lowest BCUT2D eigenvalue weighted by Crippen LogP contribution is -2.10. The molecule has 1 nitrogen and oxygen atoms in total. The predicted molar refractivity (Wildman–Crippen MR) is 92.6 cm³/mol. The highest BCUT2D eigenvalue weighted by Gasteiger charge is 2.31. The standard InChI is InChI=1S/C22H12O/c23-16-9-14-4-3-12-7-10-1-2-11-8-13-5-6-15(16)22-20(13)18(11)17(10)19(12)21(14)22/h1-6H,7-9H2. The summed E-state index contributed by atoms with van der Waals surface area (Å²) in [4.78, 5) is 12.7. The van der Waals surface area contributed by atoms with Crippen LogP contribution in [0.25, 0.3) is 32.3 Å². The first-order chi connectivity index (χ1) is 11.3. The first-order valence-corrected chi connectivity index (χ1v) is 8.31. The third-order valence-electron chi connectivity index (χ3n) is 6.21. The van der Waals surface area contributed by atoms with Gasteiger partial charge in [-0.1, -0.05) is 36.4 Å². The molecule has 0 fully saturated rings. The molecule has 0 aliphatic heterocycles. The maximum Gasteiger partial charge on any atom is 0.167 e. The summed E-state index contributed by atoms with van der Waals surface area (Å²) in [5.74, 6) is 0.279. The number of benzene rings is 4. The van der Waals surface area contributed by atoms with Crippen molar-refractivity contribution in [3.8, 4) is 0 Å². The second-order valence-corrected chi connectivity index (χ2v) is 7.24. The first kappa shape index (κ1) is 11.0. The van der Waals surface area contributed by atoms with E-state index in [-0.39, 0.29) is 5.78 Å². The van der Waals surface area contributed by atoms with Crippen molar-refractivity contribution in [2.75, 3.05) is 0 Å². The second-order valence-electron chi connectivity index (χ2n) is 7.24. The Morgan fingerprint density at radius 3 is 1.39 bits per heavy atom. The summed E-state index contributed by atoms with van der Waals surface area (Å²) in [5.41, 5.74) is 7.92. The Balaban J connectivity index is 2.01. The highest BCUT2D eigenvalue weighted by atomic mass is 16.1. The van der Waals surface area contributed by atoms with Crippen molar-refractivity contribution in [1.82, 2.24) is 0 Å². The number of carbonyl (C=O) groups is 1. The number of ketones is 1. The van der Waals surface area contributed by atoms with Crippen LogP contribution in [0.3, 0.4) is 0 Å². The number of carbonyl (C=O) groups excluding carboxylic acids is 1. The smallest absolute Gasteiger partial charge is 0.167 e. The van der Waals surface area contributed by atoms with Crippen molar-refractivity contribution in [1.29, 1.82) is 0 Å². The quantitative estimate of drug-likeness (QED) is 0.371. The minimum Gasteiger partial charge on any atom is -0.294 e. The molecule has 0 spiro atoms. The van der Waals surface area contributed by atoms with Gasteiger partial charge in [-0.3, -0.25) is 4.79 Å². The molecule has 0 heterocycles. The molecule has 3 aliphatic rings. The zero-order valence-corrected chi connectivity index (χ0v) is 12.5. The van der Waals surface area contributed by atoms with Crippen molar-refractivity contribution in [2.24, 2.45) is 0 Å². The second kappa shape index (κ2) is 3.16. The van der Waals surface area contributed by atoms with Gasteiger partial charge in [0.25, 0.3) is 0 Å². The van der Waals surface area contributed by atoms with Gasteiger partial charge in [-0.05, 0) is 67.6 Å². The van der Waals surface area contributed by atoms with Gasteiger partial charge >= 0.3 is 0 Å². The summed E-state index contributed by atoms with van der Waals surface area (Å²) in [6.07, 6.45) is 2.61. The van der Waals surface area contributed by atoms with Gasteiger partial charge in [-0.25, -0.2) is 0 Å². The molecule has 0 radical (unpaired) electrons. The van der Waals surface area contributed by atoms with E-state index in [1.165, 1.54) is 60.1 Å². The zero-order valence-electron chi connectivity index (χ0n) is 12.5. The highest BCUT2D eigenvalue weighted by molar-refractivity contribution is 6.36. The normalized spacial score (nSPS) is 16.3. The first-order valence-electron chi connectivity index (χ1n) is 8.31. The van der Waals surface area contributed by atoms with E-state index in [0.29, 0.717) is 6.42 Å². The Kier molecular flexibility index (Phi) is 1.51. The molecule has 0 saturated carbocycles. The van der Waals surface area contributed by atoms with Crippen LogP contribution < -0.4 is 0 Å². The van der Waals surface area contributed by atoms with E-state index >= 15 is 0 Å². The molecule has 7 rings (SSSR count). The molecule has 3 aliphatic carbocycles. The number of rotatable bonds is 0. The van der Waals surface area contributed by atoms with Crippen LogP contribution in [-0.4, -0.2) is 5.78 Å². The van der Waals surface area contributed by atoms with Gasteiger partial charge in [0.1, 0.15) is 0 Å². The van der Waals surface area contributed by atoms with Crippen LogP contribution in [0, 0.1) is 0 Å². The molecule has 0 N–H and O–H groups in total. The van der Waals surface area contributed by atoms with E-state index in [0.717, 1.165) is 18.4 Å². The maximum absolute atomic E-state index is 12.7. The van der Waals surface area contributed by atoms with Crippen LogP contribution in [0.5, 0.6) is 0 Å². The summed E-state index contributed by atoms with van der Waals surface area (Å²) >= 11 is 0. The van der Waals surface area contributed by atoms with Crippen LogP contribution in [0.15, 0.2) is 36.4 Å². The van der Waals surface area contributed by atoms with Crippen LogP contribution in [-0.2, 0) is 19.3 Å². The SMILES string of the molecule is O=C1Cc2ccc3c4c5c(ccc6c5c5c(ccc1c5c24)C6)C3. The maximum atomic E-state index is 12.7. The van der Waals surface area contributed by atoms with E-state index in [9.17, 15) is 4.79 Å². The fraction of sp³-hybridized carbons (Fsp3) is 0.136. The summed E-state index contributed by atoms with van der Waals surface area (Å²) in [6, 6.07) is 13.3. The molecule has 0 aromatic heterocycles. The molecule has 106 valence electrons. The average molecular weight is 292 g/mol. The van der Waals surface area contributed by atoms with Crippen molar-refractivity contribution < 1.29 is 4.79 Å². The largest absolute Gasteiger partial charge is 0.294 e. The van der Waals surface area contributed by atoms with E-state index in [4.69, 9.17) is 0 Å². The molecule has 0 bridgehead atoms. The minimum atomic E-state index is 0.279. The van der Waals surface area contributed by atoms with E-state index < -0.39 is 0 Å². The molecule has 4 aromatic carbocycles. The summed E-state index contributed by atoms with van der Waals surface area (Å²) in [7, 11) is 0. The fourth-order valence-electron chi connectivity index (χ4n) is 5.36. The van der Waals surface area contributed by atoms with Crippen molar-refractivity contribution in [2.45, 2.75) is 19.3 Å². The summed E-state index contributed by atoms with van der Waals surface area (Å²) in [5, 5.41) is 8.35. The Morgan fingerprint density at radius 2 is 0.870 bits per heavy atom. The Labute approximate surface area is 132 Å². The van der Waals surface area contributed by atoms with Crippen molar-refractivity contribution >= 4 is 38.1 Å². The van der Waals surface area contributed by atoms with Gasteiger partial charge in [-0.15, -0.1) is 0 Å². The summed E-state index contributed by atoms with van der Waals surface area (Å²) < 4.78 is 0. The predicted octanol–water partition coefficient (Wildman–Crippen LogP) is 4.69. The third kappa shape index (κ3) is 0.996. The number of hydrogen-bond acceptors (Lipinski definition) is 1. The monoisotopic (exact) mass is 292 g/mol. The molecule has 1 heteroatoms. The number of Topliss-reactive ketones (excluding diaryl/α,β-unsaturated/α-hetero) is 1. The molecule has 0 amide bonds. The van der Waals surface area contributed by atoms with Crippen LogP contribution in [0.1, 0.15) is 38.2 Å². The van der Waals surface area contributed by atoms with E-state index in [1.807, 2.05) is 0 Å². The topological polar surface area (TPSA) is 17.1 Å². The molecule has 0 saturated heterocycles. The van der Waals surface area contributed by atoms with Crippen LogP contribution in [0.4, 0.5) is 0 Å². The molecule has 0 atom stereocenters. The van der Waals surface area contributed by atoms with Gasteiger partial charge in [-0.2, -0.15) is 0 Å². The van der Waals surface area contributed by atoms with Crippen LogP contribution >= 0.6 is 0 Å². The van der Waals surface area contributed by atoms with Crippen LogP contribution in [0.2, 0.25) is 0 Å². The lowest BCUT2D eigenvalue weighted by atomic mass is 9.82. The average Bonchev–Trinajstić information content (AvgIpc) is 3.11. The Bertz CT molecular complexity index is 1290. The molecule has 23 heavy (non-hydrogen) atoms. The Hall–Kier alpha value is -2.67. The lowest BCUT2D eigenvalue weighted by molar-refractivity contribution is 0.0994. The van der Waals surface area contributed by atoms with Gasteiger partial charge in [0.15, 0.2) is 5.78 Å². The van der Waals surface area contributed by atoms with Crippen molar-refractivity contribution in [3.05, 3.63) is 69.8 Å². The van der Waals surface area contributed by atoms with Gasteiger partial charge < -0.3 is 0 Å². The van der Waals surface area contributed by atoms with Gasteiger partial charge in [0.2, 0.25) is 0 Å².